The number of ketones is 1. The molecule has 0 aliphatic rings. The molecule has 0 saturated heterocycles. The summed E-state index contributed by atoms with van der Waals surface area (Å²) in [6.07, 6.45) is 0. The zero-order valence-corrected chi connectivity index (χ0v) is 25.1. The summed E-state index contributed by atoms with van der Waals surface area (Å²) in [5.74, 6) is -19.5. The van der Waals surface area contributed by atoms with Crippen molar-refractivity contribution < 1.29 is 53.1 Å². The molecule has 0 aromatic heterocycles. The molecular weight excluding hydrogens is 643 g/mol. The molecule has 0 N–H and O–H groups in total. The molecule has 7 nitrogen and oxygen atoms in total. The molecule has 0 aliphatic carbocycles. The van der Waals surface area contributed by atoms with Crippen LogP contribution >= 0.6 is 0 Å². The number of halogens is 5. The van der Waals surface area contributed by atoms with E-state index in [-0.39, 0.29) is 15.4 Å². The normalized spacial score (nSPS) is 11.9. The molecule has 0 atom stereocenters. The topological polar surface area (TPSA) is 112 Å². The molecule has 0 fully saturated rings. The van der Waals surface area contributed by atoms with Crippen molar-refractivity contribution >= 4 is 31.4 Å². The Morgan fingerprint density at radius 2 is 0.933 bits per heavy atom. The smallest absolute Gasteiger partial charge is 0.343 e. The van der Waals surface area contributed by atoms with Crippen LogP contribution in [-0.2, 0) is 19.7 Å². The van der Waals surface area contributed by atoms with Crippen LogP contribution in [0.1, 0.15) is 31.8 Å². The van der Waals surface area contributed by atoms with Gasteiger partial charge in [0, 0.05) is 5.56 Å². The number of benzene rings is 4. The number of hydrogen-bond acceptors (Lipinski definition) is 7. The Labute approximate surface area is 255 Å². The minimum atomic E-state index is -4.18. The summed E-state index contributed by atoms with van der Waals surface area (Å²) in [5.41, 5.74) is 0.822. The van der Waals surface area contributed by atoms with Crippen LogP contribution in [0.2, 0.25) is 0 Å². The average molecular weight is 667 g/mol. The van der Waals surface area contributed by atoms with Gasteiger partial charge in [-0.3, -0.25) is 4.79 Å². The molecule has 4 aromatic carbocycles. The number of esters is 1. The van der Waals surface area contributed by atoms with Crippen molar-refractivity contribution in [3.05, 3.63) is 124 Å². The van der Waals surface area contributed by atoms with E-state index in [0.717, 1.165) is 35.4 Å². The van der Waals surface area contributed by atoms with Crippen LogP contribution in [0.15, 0.2) is 82.6 Å². The van der Waals surface area contributed by atoms with Gasteiger partial charge in [0.1, 0.15) is 0 Å². The van der Waals surface area contributed by atoms with Crippen molar-refractivity contribution in [3.8, 4) is 5.75 Å². The van der Waals surface area contributed by atoms with Crippen LogP contribution in [-0.4, -0.2) is 40.1 Å². The minimum Gasteiger partial charge on any atom is -0.416 e. The summed E-state index contributed by atoms with van der Waals surface area (Å²) in [6, 6.07) is 15.3. The maximum absolute atomic E-state index is 14.0. The fourth-order valence-corrected chi connectivity index (χ4v) is 7.48. The standard InChI is InChI=1S/C31H23F5O7S2/c1-17-3-11-22(12-4-17)44(39,40)15-21(16-45(41,42)23-13-5-18(2)6-14-23)29(37)19-7-9-20(10-8-19)31(38)43-30-27(35)25(33)24(32)26(34)28(30)36/h3-14,21H,15-16H2,1-2H3. The summed E-state index contributed by atoms with van der Waals surface area (Å²) in [6.45, 7) is 3.47. The number of aryl methyl sites for hydroxylation is 2. The maximum atomic E-state index is 14.0. The molecule has 0 heterocycles. The fraction of sp³-hybridized carbons (Fsp3) is 0.161. The van der Waals surface area contributed by atoms with Crippen LogP contribution < -0.4 is 4.74 Å². The van der Waals surface area contributed by atoms with Crippen molar-refractivity contribution in [1.82, 2.24) is 0 Å². The SMILES string of the molecule is Cc1ccc(S(=O)(=O)CC(CS(=O)(=O)c2ccc(C)cc2)C(=O)c2ccc(C(=O)Oc3c(F)c(F)c(F)c(F)c3F)cc2)cc1. The first-order valence-electron chi connectivity index (χ1n) is 13.0. The predicted octanol–water partition coefficient (Wildman–Crippen LogP) is 5.96. The number of carbonyl (C=O) groups is 2. The zero-order chi connectivity index (χ0) is 33.3. The van der Waals surface area contributed by atoms with E-state index >= 15 is 0 Å². The molecule has 0 aliphatic heterocycles. The largest absolute Gasteiger partial charge is 0.416 e. The second-order valence-electron chi connectivity index (χ2n) is 10.1. The molecule has 4 rings (SSSR count). The Hall–Kier alpha value is -4.43. The van der Waals surface area contributed by atoms with E-state index in [1.165, 1.54) is 48.5 Å². The molecule has 0 radical (unpaired) electrons. The van der Waals surface area contributed by atoms with Crippen molar-refractivity contribution in [2.45, 2.75) is 23.6 Å². The molecule has 0 amide bonds. The van der Waals surface area contributed by atoms with Crippen molar-refractivity contribution in [2.75, 3.05) is 11.5 Å². The van der Waals surface area contributed by atoms with Crippen LogP contribution in [0.3, 0.4) is 0 Å². The lowest BCUT2D eigenvalue weighted by atomic mass is 10.00. The molecule has 0 unspecified atom stereocenters. The molecule has 4 aromatic rings. The van der Waals surface area contributed by atoms with E-state index in [2.05, 4.69) is 4.74 Å². The van der Waals surface area contributed by atoms with Crippen molar-refractivity contribution in [2.24, 2.45) is 5.92 Å². The van der Waals surface area contributed by atoms with Gasteiger partial charge in [-0.2, -0.15) is 8.78 Å². The number of ether oxygens (including phenoxy) is 1. The summed E-state index contributed by atoms with van der Waals surface area (Å²) >= 11 is 0. The number of rotatable bonds is 10. The highest BCUT2D eigenvalue weighted by Gasteiger charge is 2.33. The first kappa shape index (κ1) is 33.5. The van der Waals surface area contributed by atoms with Gasteiger partial charge in [0.25, 0.3) is 0 Å². The van der Waals surface area contributed by atoms with E-state index in [4.69, 9.17) is 0 Å². The van der Waals surface area contributed by atoms with Gasteiger partial charge >= 0.3 is 5.97 Å². The number of sulfone groups is 2. The molecule has 0 bridgehead atoms. The Bertz CT molecular complexity index is 1890. The molecule has 45 heavy (non-hydrogen) atoms. The Morgan fingerprint density at radius 1 is 0.578 bits per heavy atom. The third kappa shape index (κ3) is 7.28. The van der Waals surface area contributed by atoms with Crippen molar-refractivity contribution in [3.63, 3.8) is 0 Å². The highest BCUT2D eigenvalue weighted by molar-refractivity contribution is 7.92. The van der Waals surface area contributed by atoms with Gasteiger partial charge in [-0.1, -0.05) is 47.5 Å². The monoisotopic (exact) mass is 666 g/mol. The van der Waals surface area contributed by atoms with Gasteiger partial charge in [-0.15, -0.1) is 0 Å². The van der Waals surface area contributed by atoms with E-state index in [0.29, 0.717) is 0 Å². The van der Waals surface area contributed by atoms with Crippen LogP contribution in [0.5, 0.6) is 5.75 Å². The van der Waals surface area contributed by atoms with E-state index in [1.807, 2.05) is 0 Å². The molecule has 14 heteroatoms. The maximum Gasteiger partial charge on any atom is 0.343 e. The quantitative estimate of drug-likeness (QED) is 0.0513. The van der Waals surface area contributed by atoms with E-state index < -0.39 is 89.2 Å². The zero-order valence-electron chi connectivity index (χ0n) is 23.5. The first-order chi connectivity index (χ1) is 21.0. The fourth-order valence-electron chi connectivity index (χ4n) is 4.25. The first-order valence-corrected chi connectivity index (χ1v) is 16.3. The number of hydrogen-bond donors (Lipinski definition) is 0. The Morgan fingerprint density at radius 3 is 1.33 bits per heavy atom. The van der Waals surface area contributed by atoms with Gasteiger partial charge in [-0.25, -0.2) is 34.8 Å². The number of Topliss-reactive ketones (excluding diaryl/α,β-unsaturated/α-hetero) is 1. The predicted molar refractivity (Wildman–Crippen MR) is 152 cm³/mol. The molecular formula is C31H23F5O7S2. The van der Waals surface area contributed by atoms with Gasteiger partial charge in [0.05, 0.1) is 32.8 Å². The molecule has 0 spiro atoms. The van der Waals surface area contributed by atoms with E-state index in [1.54, 1.807) is 13.8 Å². The van der Waals surface area contributed by atoms with E-state index in [9.17, 15) is 48.4 Å². The summed E-state index contributed by atoms with van der Waals surface area (Å²) in [5, 5.41) is 0. The number of carbonyl (C=O) groups excluding carboxylic acids is 2. The molecule has 0 saturated carbocycles. The highest BCUT2D eigenvalue weighted by Crippen LogP contribution is 2.30. The lowest BCUT2D eigenvalue weighted by Crippen LogP contribution is -2.31. The lowest BCUT2D eigenvalue weighted by molar-refractivity contribution is 0.0715. The highest BCUT2D eigenvalue weighted by atomic mass is 32.2. The van der Waals surface area contributed by atoms with Gasteiger partial charge < -0.3 is 4.74 Å². The van der Waals surface area contributed by atoms with Crippen LogP contribution in [0.25, 0.3) is 0 Å². The van der Waals surface area contributed by atoms with Gasteiger partial charge in [0.2, 0.25) is 34.8 Å². The minimum absolute atomic E-state index is 0.134. The average Bonchev–Trinajstić information content (AvgIpc) is 3.00. The van der Waals surface area contributed by atoms with Gasteiger partial charge in [-0.05, 0) is 50.2 Å². The lowest BCUT2D eigenvalue weighted by Gasteiger charge is -2.17. The Kier molecular flexibility index (Phi) is 9.59. The second-order valence-corrected chi connectivity index (χ2v) is 14.2. The van der Waals surface area contributed by atoms with Crippen LogP contribution in [0.4, 0.5) is 22.0 Å². The van der Waals surface area contributed by atoms with Gasteiger partial charge in [0.15, 0.2) is 25.5 Å². The third-order valence-corrected chi connectivity index (χ3v) is 10.4. The second kappa shape index (κ2) is 12.9. The Balaban J connectivity index is 1.64. The summed E-state index contributed by atoms with van der Waals surface area (Å²) < 4.78 is 126. The third-order valence-electron chi connectivity index (χ3n) is 6.74. The summed E-state index contributed by atoms with van der Waals surface area (Å²) in [7, 11) is -8.37. The summed E-state index contributed by atoms with van der Waals surface area (Å²) in [4.78, 5) is 25.7. The molecule has 236 valence electrons. The van der Waals surface area contributed by atoms with Crippen LogP contribution in [0, 0.1) is 48.9 Å². The van der Waals surface area contributed by atoms with Crippen molar-refractivity contribution in [1.29, 1.82) is 0 Å².